The molecule has 1 atom stereocenters. The van der Waals surface area contributed by atoms with Gasteiger partial charge in [0.05, 0.1) is 19.8 Å². The molecule has 13 nitrogen and oxygen atoms in total. The zero-order valence-corrected chi connectivity index (χ0v) is 24.0. The number of aryl methyl sites for hydroxylation is 2. The number of carboxylic acids is 3. The van der Waals surface area contributed by atoms with Crippen molar-refractivity contribution in [3.63, 3.8) is 0 Å². The molecule has 3 N–H and O–H groups in total. The topological polar surface area (TPSA) is 171 Å². The number of anilines is 1. The van der Waals surface area contributed by atoms with Gasteiger partial charge in [-0.05, 0) is 25.5 Å². The Morgan fingerprint density at radius 2 is 1.33 bits per heavy atom. The Labute approximate surface area is 254 Å². The summed E-state index contributed by atoms with van der Waals surface area (Å²) in [6.07, 6.45) is -6.45. The van der Waals surface area contributed by atoms with Crippen molar-refractivity contribution in [3.05, 3.63) is 36.2 Å². The number of hydrogen-bond donors (Lipinski definition) is 3. The van der Waals surface area contributed by atoms with Crippen LogP contribution in [-0.2, 0) is 32.7 Å². The van der Waals surface area contributed by atoms with Gasteiger partial charge in [-0.3, -0.25) is 4.90 Å². The molecule has 260 valence electrons. The van der Waals surface area contributed by atoms with Crippen molar-refractivity contribution in [2.24, 2.45) is 12.5 Å². The van der Waals surface area contributed by atoms with Gasteiger partial charge in [0, 0.05) is 56.9 Å². The number of rotatable bonds is 3. The molecule has 0 aromatic carbocycles. The van der Waals surface area contributed by atoms with Gasteiger partial charge >= 0.3 is 36.4 Å². The van der Waals surface area contributed by atoms with Crippen LogP contribution in [0, 0.1) is 12.3 Å². The Hall–Kier alpha value is -4.21. The normalized spacial score (nSPS) is 18.6. The first kappa shape index (κ1) is 39.8. The SMILES string of the molecule is Cc1cnc(N2CCOCC3(CCN(Cc4nccn4C)C3)C2)nc1.O=C(O)C(F)(F)F.O=C(O)C(F)(F)F.O=C(O)C(F)(F)F. The van der Waals surface area contributed by atoms with Gasteiger partial charge in [-0.25, -0.2) is 29.3 Å². The summed E-state index contributed by atoms with van der Waals surface area (Å²) in [6, 6.07) is 0. The zero-order valence-electron chi connectivity index (χ0n) is 24.0. The maximum Gasteiger partial charge on any atom is 0.490 e. The van der Waals surface area contributed by atoms with Gasteiger partial charge in [0.2, 0.25) is 5.95 Å². The fourth-order valence-electron chi connectivity index (χ4n) is 3.87. The maximum atomic E-state index is 10.6. The van der Waals surface area contributed by atoms with Crippen LogP contribution in [0.1, 0.15) is 17.8 Å². The number of alkyl halides is 9. The standard InChI is InChI=1S/C18H26N6O.3C2HF3O2/c1-15-9-20-17(21-10-15)24-7-8-25-14-18(13-24)3-5-23(12-18)11-16-19-4-6-22(16)2;3*3-2(4,5)1(6)7/h4,6,9-10H,3,5,7-8,11-14H2,1-2H3;3*(H,6,7). The number of carboxylic acid groups (broad SMARTS) is 3. The molecular formula is C24H29F9N6O7. The van der Waals surface area contributed by atoms with Gasteiger partial charge in [0.25, 0.3) is 0 Å². The average molecular weight is 685 g/mol. The molecule has 4 rings (SSSR count). The Morgan fingerprint density at radius 3 is 1.74 bits per heavy atom. The lowest BCUT2D eigenvalue weighted by Gasteiger charge is -2.32. The number of halogens is 9. The lowest BCUT2D eigenvalue weighted by Crippen LogP contribution is -2.41. The van der Waals surface area contributed by atoms with Crippen molar-refractivity contribution in [2.45, 2.75) is 38.4 Å². The summed E-state index contributed by atoms with van der Waals surface area (Å²) in [6.45, 7) is 8.37. The number of imidazole rings is 1. The van der Waals surface area contributed by atoms with E-state index < -0.39 is 36.4 Å². The van der Waals surface area contributed by atoms with Crippen molar-refractivity contribution in [1.29, 1.82) is 0 Å². The van der Waals surface area contributed by atoms with E-state index in [4.69, 9.17) is 34.4 Å². The summed E-state index contributed by atoms with van der Waals surface area (Å²) < 4.78 is 103. The second-order valence-electron chi connectivity index (χ2n) is 9.86. The minimum atomic E-state index is -5.08. The van der Waals surface area contributed by atoms with Gasteiger partial charge in [0.15, 0.2) is 0 Å². The minimum Gasteiger partial charge on any atom is -0.475 e. The quantitative estimate of drug-likeness (QED) is 0.404. The second-order valence-corrected chi connectivity index (χ2v) is 9.86. The number of carbonyl (C=O) groups is 3. The Morgan fingerprint density at radius 1 is 0.848 bits per heavy atom. The molecule has 2 aromatic rings. The largest absolute Gasteiger partial charge is 0.490 e. The number of aromatic nitrogens is 4. The van der Waals surface area contributed by atoms with Crippen LogP contribution in [0.25, 0.3) is 0 Å². The first-order chi connectivity index (χ1) is 21.0. The predicted molar refractivity (Wildman–Crippen MR) is 136 cm³/mol. The molecule has 46 heavy (non-hydrogen) atoms. The third kappa shape index (κ3) is 13.8. The van der Waals surface area contributed by atoms with Gasteiger partial charge in [-0.1, -0.05) is 0 Å². The molecule has 2 fully saturated rings. The van der Waals surface area contributed by atoms with E-state index in [1.165, 1.54) is 0 Å². The Balaban J connectivity index is 0.000000413. The highest BCUT2D eigenvalue weighted by atomic mass is 19.4. The number of nitrogens with zero attached hydrogens (tertiary/aromatic N) is 6. The molecule has 0 saturated carbocycles. The van der Waals surface area contributed by atoms with Crippen LogP contribution in [0.3, 0.4) is 0 Å². The van der Waals surface area contributed by atoms with E-state index in [0.29, 0.717) is 0 Å². The van der Waals surface area contributed by atoms with E-state index in [9.17, 15) is 39.5 Å². The van der Waals surface area contributed by atoms with Crippen molar-refractivity contribution in [1.82, 2.24) is 24.4 Å². The lowest BCUT2D eigenvalue weighted by atomic mass is 9.87. The molecule has 1 spiro atoms. The van der Waals surface area contributed by atoms with Gasteiger partial charge in [0.1, 0.15) is 5.82 Å². The molecule has 2 saturated heterocycles. The lowest BCUT2D eigenvalue weighted by molar-refractivity contribution is -0.193. The van der Waals surface area contributed by atoms with Gasteiger partial charge in [-0.15, -0.1) is 0 Å². The van der Waals surface area contributed by atoms with Crippen molar-refractivity contribution < 1.29 is 74.0 Å². The number of aliphatic carboxylic acids is 3. The molecule has 0 aliphatic carbocycles. The van der Waals surface area contributed by atoms with Gasteiger partial charge < -0.3 is 29.5 Å². The molecule has 1 unspecified atom stereocenters. The first-order valence-electron chi connectivity index (χ1n) is 12.7. The van der Waals surface area contributed by atoms with Crippen LogP contribution in [0.15, 0.2) is 24.8 Å². The fraction of sp³-hybridized carbons (Fsp3) is 0.583. The van der Waals surface area contributed by atoms with E-state index in [0.717, 1.165) is 69.7 Å². The Bertz CT molecular complexity index is 1230. The molecule has 0 radical (unpaired) electrons. The van der Waals surface area contributed by atoms with Crippen LogP contribution in [0.4, 0.5) is 45.5 Å². The first-order valence-corrected chi connectivity index (χ1v) is 12.7. The predicted octanol–water partition coefficient (Wildman–Crippen LogP) is 3.15. The molecular weight excluding hydrogens is 655 g/mol. The highest BCUT2D eigenvalue weighted by Crippen LogP contribution is 2.35. The molecule has 4 heterocycles. The van der Waals surface area contributed by atoms with Crippen LogP contribution in [0.5, 0.6) is 0 Å². The number of likely N-dealkylation sites (tertiary alicyclic amines) is 1. The highest BCUT2D eigenvalue weighted by molar-refractivity contribution is 5.73. The molecule has 2 aromatic heterocycles. The second kappa shape index (κ2) is 16.4. The third-order valence-corrected chi connectivity index (χ3v) is 6.02. The van der Waals surface area contributed by atoms with Crippen molar-refractivity contribution >= 4 is 23.9 Å². The summed E-state index contributed by atoms with van der Waals surface area (Å²) in [4.78, 5) is 45.0. The van der Waals surface area contributed by atoms with Crippen LogP contribution >= 0.6 is 0 Å². The van der Waals surface area contributed by atoms with E-state index in [1.54, 1.807) is 0 Å². The van der Waals surface area contributed by atoms with Crippen LogP contribution in [0.2, 0.25) is 0 Å². The number of hydrogen-bond acceptors (Lipinski definition) is 9. The van der Waals surface area contributed by atoms with Crippen LogP contribution in [-0.4, -0.2) is 116 Å². The zero-order chi connectivity index (χ0) is 35.5. The molecule has 0 bridgehead atoms. The third-order valence-electron chi connectivity index (χ3n) is 6.02. The van der Waals surface area contributed by atoms with Crippen molar-refractivity contribution in [3.8, 4) is 0 Å². The fourth-order valence-corrected chi connectivity index (χ4v) is 3.87. The molecule has 2 aliphatic rings. The summed E-state index contributed by atoms with van der Waals surface area (Å²) >= 11 is 0. The molecule has 0 amide bonds. The van der Waals surface area contributed by atoms with Gasteiger partial charge in [-0.2, -0.15) is 39.5 Å². The molecule has 22 heteroatoms. The maximum absolute atomic E-state index is 10.6. The monoisotopic (exact) mass is 684 g/mol. The number of ether oxygens (including phenoxy) is 1. The van der Waals surface area contributed by atoms with E-state index in [1.807, 2.05) is 31.7 Å². The summed E-state index contributed by atoms with van der Waals surface area (Å²) in [5.74, 6) is -6.34. The van der Waals surface area contributed by atoms with Crippen LogP contribution < -0.4 is 4.90 Å². The molecule has 2 aliphatic heterocycles. The van der Waals surface area contributed by atoms with Crippen molar-refractivity contribution in [2.75, 3.05) is 44.3 Å². The summed E-state index contributed by atoms with van der Waals surface area (Å²) in [7, 11) is 2.05. The van der Waals surface area contributed by atoms with E-state index in [-0.39, 0.29) is 5.41 Å². The van der Waals surface area contributed by atoms with E-state index >= 15 is 0 Å². The Kier molecular flexibility index (Phi) is 14.2. The van der Waals surface area contributed by atoms with E-state index in [2.05, 4.69) is 36.4 Å². The minimum absolute atomic E-state index is 0.149. The summed E-state index contributed by atoms with van der Waals surface area (Å²) in [5.41, 5.74) is 1.24. The summed E-state index contributed by atoms with van der Waals surface area (Å²) in [5, 5.41) is 21.4. The highest BCUT2D eigenvalue weighted by Gasteiger charge is 2.42. The average Bonchev–Trinajstić information content (AvgIpc) is 3.44. The smallest absolute Gasteiger partial charge is 0.475 e.